The van der Waals surface area contributed by atoms with Crippen LogP contribution in [-0.2, 0) is 20.6 Å². The predicted octanol–water partition coefficient (Wildman–Crippen LogP) is 1.87. The van der Waals surface area contributed by atoms with Crippen molar-refractivity contribution in [1.82, 2.24) is 9.29 Å². The number of rotatable bonds is 5. The number of pyridine rings is 1. The zero-order valence-corrected chi connectivity index (χ0v) is 13.0. The lowest BCUT2D eigenvalue weighted by atomic mass is 10.0. The molecular formula is C13H19ClN2O3S. The summed E-state index contributed by atoms with van der Waals surface area (Å²) in [6.45, 7) is 1.86. The van der Waals surface area contributed by atoms with Gasteiger partial charge in [-0.3, -0.25) is 0 Å². The number of aromatic nitrogens is 1. The van der Waals surface area contributed by atoms with Gasteiger partial charge in [0.15, 0.2) is 5.03 Å². The van der Waals surface area contributed by atoms with Crippen molar-refractivity contribution in [3.05, 3.63) is 23.9 Å². The van der Waals surface area contributed by atoms with Gasteiger partial charge in [-0.25, -0.2) is 13.4 Å². The van der Waals surface area contributed by atoms with E-state index in [0.29, 0.717) is 19.0 Å². The number of alkyl halides is 1. The van der Waals surface area contributed by atoms with E-state index in [1.54, 1.807) is 13.1 Å². The van der Waals surface area contributed by atoms with Crippen LogP contribution in [0.5, 0.6) is 0 Å². The van der Waals surface area contributed by atoms with E-state index >= 15 is 0 Å². The van der Waals surface area contributed by atoms with Gasteiger partial charge in [-0.15, -0.1) is 11.6 Å². The zero-order chi connectivity index (χ0) is 14.6. The molecule has 0 saturated carbocycles. The van der Waals surface area contributed by atoms with E-state index in [-0.39, 0.29) is 10.9 Å². The third-order valence-corrected chi connectivity index (χ3v) is 5.44. The summed E-state index contributed by atoms with van der Waals surface area (Å²) >= 11 is 5.67. The fourth-order valence-electron chi connectivity index (χ4n) is 2.22. The molecule has 1 aromatic heterocycles. The summed E-state index contributed by atoms with van der Waals surface area (Å²) in [6.07, 6.45) is 3.48. The number of hydrogen-bond donors (Lipinski definition) is 0. The molecule has 0 bridgehead atoms. The second-order valence-electron chi connectivity index (χ2n) is 5.01. The quantitative estimate of drug-likeness (QED) is 0.778. The molecule has 7 heteroatoms. The van der Waals surface area contributed by atoms with Gasteiger partial charge in [0.2, 0.25) is 0 Å². The minimum Gasteiger partial charge on any atom is -0.381 e. The molecule has 20 heavy (non-hydrogen) atoms. The maximum atomic E-state index is 12.4. The molecule has 0 aliphatic carbocycles. The molecule has 1 aliphatic rings. The van der Waals surface area contributed by atoms with Crippen molar-refractivity contribution in [1.29, 1.82) is 0 Å². The van der Waals surface area contributed by atoms with Crippen LogP contribution in [0.4, 0.5) is 0 Å². The Bertz CT molecular complexity index is 527. The number of sulfonamides is 1. The molecule has 0 N–H and O–H groups in total. The average molecular weight is 319 g/mol. The highest BCUT2D eigenvalue weighted by Crippen LogP contribution is 2.19. The summed E-state index contributed by atoms with van der Waals surface area (Å²) < 4.78 is 31.5. The van der Waals surface area contributed by atoms with Crippen LogP contribution < -0.4 is 0 Å². The van der Waals surface area contributed by atoms with Gasteiger partial charge in [-0.2, -0.15) is 4.31 Å². The van der Waals surface area contributed by atoms with Crippen molar-refractivity contribution in [3.63, 3.8) is 0 Å². The van der Waals surface area contributed by atoms with Crippen LogP contribution in [0.3, 0.4) is 0 Å². The summed E-state index contributed by atoms with van der Waals surface area (Å²) in [5, 5.41) is 0.0607. The Labute approximate surface area is 125 Å². The maximum Gasteiger partial charge on any atom is 0.260 e. The largest absolute Gasteiger partial charge is 0.381 e. The molecule has 2 heterocycles. The van der Waals surface area contributed by atoms with E-state index in [0.717, 1.165) is 25.0 Å². The first kappa shape index (κ1) is 15.7. The Morgan fingerprint density at radius 1 is 1.50 bits per heavy atom. The Hall–Kier alpha value is -0.690. The monoisotopic (exact) mass is 318 g/mol. The molecule has 0 spiro atoms. The number of nitrogens with zero attached hydrogens (tertiary/aromatic N) is 2. The molecule has 0 aromatic carbocycles. The first-order chi connectivity index (χ1) is 9.54. The van der Waals surface area contributed by atoms with E-state index in [9.17, 15) is 8.42 Å². The lowest BCUT2D eigenvalue weighted by Crippen LogP contribution is -2.35. The third-order valence-electron chi connectivity index (χ3n) is 3.40. The normalized spacial score (nSPS) is 20.2. The fraction of sp³-hybridized carbons (Fsp3) is 0.615. The molecule has 112 valence electrons. The van der Waals surface area contributed by atoms with Gasteiger partial charge in [0.25, 0.3) is 10.0 Å². The molecule has 2 rings (SSSR count). The second-order valence-corrected chi connectivity index (χ2v) is 7.27. The Balaban J connectivity index is 2.07. The summed E-state index contributed by atoms with van der Waals surface area (Å²) in [5.41, 5.74) is 0.800. The molecule has 0 amide bonds. The molecule has 0 radical (unpaired) electrons. The van der Waals surface area contributed by atoms with E-state index in [1.807, 2.05) is 0 Å². The van der Waals surface area contributed by atoms with Gasteiger partial charge in [-0.1, -0.05) is 6.07 Å². The first-order valence-electron chi connectivity index (χ1n) is 6.59. The molecule has 1 aliphatic heterocycles. The standard InChI is InChI=1S/C13H19ClN2O3S/c1-16(9-12-3-2-6-19-10-12)20(17,18)13-5-4-11(7-14)8-15-13/h4-5,8,12H,2-3,6-7,9-10H2,1H3. The summed E-state index contributed by atoms with van der Waals surface area (Å²) in [5.74, 6) is 0.577. The van der Waals surface area contributed by atoms with Crippen LogP contribution in [0.2, 0.25) is 0 Å². The van der Waals surface area contributed by atoms with Crippen molar-refractivity contribution < 1.29 is 13.2 Å². The van der Waals surface area contributed by atoms with E-state index < -0.39 is 10.0 Å². The Morgan fingerprint density at radius 2 is 2.30 bits per heavy atom. The molecule has 1 fully saturated rings. The zero-order valence-electron chi connectivity index (χ0n) is 11.5. The second kappa shape index (κ2) is 6.85. The molecule has 1 saturated heterocycles. The van der Waals surface area contributed by atoms with Crippen LogP contribution in [-0.4, -0.2) is 44.5 Å². The van der Waals surface area contributed by atoms with Crippen molar-refractivity contribution in [3.8, 4) is 0 Å². The van der Waals surface area contributed by atoms with E-state index in [2.05, 4.69) is 4.98 Å². The number of halogens is 1. The van der Waals surface area contributed by atoms with Gasteiger partial charge in [0.05, 0.1) is 6.61 Å². The lowest BCUT2D eigenvalue weighted by molar-refractivity contribution is 0.0495. The minimum atomic E-state index is -3.54. The minimum absolute atomic E-state index is 0.0607. The lowest BCUT2D eigenvalue weighted by Gasteiger charge is -2.26. The van der Waals surface area contributed by atoms with Crippen LogP contribution in [0.15, 0.2) is 23.4 Å². The topological polar surface area (TPSA) is 59.5 Å². The van der Waals surface area contributed by atoms with Crippen LogP contribution in [0.25, 0.3) is 0 Å². The Morgan fingerprint density at radius 3 is 2.85 bits per heavy atom. The molecular weight excluding hydrogens is 300 g/mol. The summed E-state index contributed by atoms with van der Waals surface area (Å²) in [6, 6.07) is 3.19. The highest BCUT2D eigenvalue weighted by atomic mass is 35.5. The fourth-order valence-corrected chi connectivity index (χ4v) is 3.53. The van der Waals surface area contributed by atoms with Crippen molar-refractivity contribution in [2.24, 2.45) is 5.92 Å². The van der Waals surface area contributed by atoms with Gasteiger partial charge in [0.1, 0.15) is 0 Å². The molecule has 1 atom stereocenters. The number of hydrogen-bond acceptors (Lipinski definition) is 4. The summed E-state index contributed by atoms with van der Waals surface area (Å²) in [4.78, 5) is 3.99. The van der Waals surface area contributed by atoms with Crippen LogP contribution in [0.1, 0.15) is 18.4 Å². The van der Waals surface area contributed by atoms with Crippen molar-refractivity contribution in [2.45, 2.75) is 23.7 Å². The smallest absolute Gasteiger partial charge is 0.260 e. The first-order valence-corrected chi connectivity index (χ1v) is 8.56. The van der Waals surface area contributed by atoms with Crippen LogP contribution >= 0.6 is 11.6 Å². The van der Waals surface area contributed by atoms with E-state index in [4.69, 9.17) is 16.3 Å². The Kier molecular flexibility index (Phi) is 5.37. The van der Waals surface area contributed by atoms with Gasteiger partial charge in [0, 0.05) is 32.3 Å². The summed E-state index contributed by atoms with van der Waals surface area (Å²) in [7, 11) is -1.96. The van der Waals surface area contributed by atoms with E-state index in [1.165, 1.54) is 16.6 Å². The van der Waals surface area contributed by atoms with Gasteiger partial charge < -0.3 is 4.74 Å². The van der Waals surface area contributed by atoms with Gasteiger partial charge in [-0.05, 0) is 30.4 Å². The molecule has 1 unspecified atom stereocenters. The van der Waals surface area contributed by atoms with Crippen molar-refractivity contribution >= 4 is 21.6 Å². The van der Waals surface area contributed by atoms with Gasteiger partial charge >= 0.3 is 0 Å². The number of ether oxygens (including phenoxy) is 1. The highest BCUT2D eigenvalue weighted by molar-refractivity contribution is 7.89. The molecule has 5 nitrogen and oxygen atoms in total. The SMILES string of the molecule is CN(CC1CCCOC1)S(=O)(=O)c1ccc(CCl)cn1. The third kappa shape index (κ3) is 3.69. The average Bonchev–Trinajstić information content (AvgIpc) is 2.48. The van der Waals surface area contributed by atoms with Crippen molar-refractivity contribution in [2.75, 3.05) is 26.8 Å². The maximum absolute atomic E-state index is 12.4. The predicted molar refractivity (Wildman–Crippen MR) is 77.2 cm³/mol. The van der Waals surface area contributed by atoms with Crippen LogP contribution in [0, 0.1) is 5.92 Å². The molecule has 1 aromatic rings. The highest BCUT2D eigenvalue weighted by Gasteiger charge is 2.26.